The lowest BCUT2D eigenvalue weighted by Crippen LogP contribution is -2.38. The smallest absolute Gasteiger partial charge is 0.161 e. The molecule has 108 valence electrons. The second kappa shape index (κ2) is 5.50. The summed E-state index contributed by atoms with van der Waals surface area (Å²) in [7, 11) is 0. The van der Waals surface area contributed by atoms with Crippen molar-refractivity contribution in [2.24, 2.45) is 5.73 Å². The van der Waals surface area contributed by atoms with Gasteiger partial charge in [-0.25, -0.2) is 0 Å². The minimum absolute atomic E-state index is 0.493. The Morgan fingerprint density at radius 1 is 1.25 bits per heavy atom. The van der Waals surface area contributed by atoms with Gasteiger partial charge in [0.15, 0.2) is 5.65 Å². The molecule has 0 saturated carbocycles. The van der Waals surface area contributed by atoms with Gasteiger partial charge in [0.25, 0.3) is 0 Å². The molecule has 0 aliphatic carbocycles. The molecule has 1 fully saturated rings. The molecule has 20 heavy (non-hydrogen) atoms. The zero-order valence-corrected chi connectivity index (χ0v) is 12.3. The molecule has 2 N–H and O–H groups in total. The van der Waals surface area contributed by atoms with Crippen LogP contribution >= 0.6 is 0 Å². The highest BCUT2D eigenvalue weighted by Gasteiger charge is 2.26. The third kappa shape index (κ3) is 2.31. The molecule has 5 heteroatoms. The molecular formula is C15H23N5. The summed E-state index contributed by atoms with van der Waals surface area (Å²) in [6, 6.07) is 6.69. The number of hydrogen-bond donors (Lipinski definition) is 1. The summed E-state index contributed by atoms with van der Waals surface area (Å²) in [6.07, 6.45) is 2.30. The highest BCUT2D eigenvalue weighted by molar-refractivity contribution is 5.40. The number of nitrogens with zero attached hydrogens (tertiary/aromatic N) is 4. The van der Waals surface area contributed by atoms with Gasteiger partial charge in [-0.15, -0.1) is 10.2 Å². The molecule has 0 radical (unpaired) electrons. The van der Waals surface area contributed by atoms with Crippen LogP contribution in [-0.4, -0.2) is 38.6 Å². The van der Waals surface area contributed by atoms with Gasteiger partial charge >= 0.3 is 0 Å². The molecule has 5 nitrogen and oxygen atoms in total. The Hall–Kier alpha value is -1.46. The molecule has 0 aromatic carbocycles. The van der Waals surface area contributed by atoms with Gasteiger partial charge in [-0.3, -0.25) is 4.40 Å². The normalized spacial score (nSPS) is 18.2. The van der Waals surface area contributed by atoms with Gasteiger partial charge in [0.2, 0.25) is 0 Å². The fourth-order valence-corrected chi connectivity index (χ4v) is 3.13. The van der Waals surface area contributed by atoms with E-state index in [1.807, 2.05) is 12.1 Å². The number of fused-ring (bicyclic) bond motifs is 1. The van der Waals surface area contributed by atoms with Gasteiger partial charge in [0, 0.05) is 24.2 Å². The Kier molecular flexibility index (Phi) is 3.72. The van der Waals surface area contributed by atoms with Crippen LogP contribution in [0, 0.1) is 0 Å². The molecule has 0 atom stereocenters. The molecular weight excluding hydrogens is 250 g/mol. The van der Waals surface area contributed by atoms with E-state index in [4.69, 9.17) is 5.73 Å². The lowest BCUT2D eigenvalue weighted by Gasteiger charge is -2.34. The van der Waals surface area contributed by atoms with Crippen molar-refractivity contribution in [2.45, 2.75) is 45.2 Å². The molecule has 1 aliphatic rings. The minimum Gasteiger partial charge on any atom is -0.325 e. The summed E-state index contributed by atoms with van der Waals surface area (Å²) in [5.74, 6) is 1.58. The van der Waals surface area contributed by atoms with Crippen molar-refractivity contribution in [1.29, 1.82) is 0 Å². The summed E-state index contributed by atoms with van der Waals surface area (Å²) >= 11 is 0. The summed E-state index contributed by atoms with van der Waals surface area (Å²) in [5, 5.41) is 8.74. The first-order chi connectivity index (χ1) is 9.70. The van der Waals surface area contributed by atoms with E-state index in [0.717, 1.165) is 43.1 Å². The van der Waals surface area contributed by atoms with Gasteiger partial charge in [0.05, 0.1) is 0 Å². The van der Waals surface area contributed by atoms with Crippen LogP contribution in [0.1, 0.15) is 44.1 Å². The minimum atomic E-state index is 0.493. The van der Waals surface area contributed by atoms with Crippen LogP contribution in [0.3, 0.4) is 0 Å². The highest BCUT2D eigenvalue weighted by atomic mass is 15.3. The van der Waals surface area contributed by atoms with Crippen LogP contribution < -0.4 is 5.73 Å². The second-order valence-electron chi connectivity index (χ2n) is 5.88. The third-order valence-corrected chi connectivity index (χ3v) is 4.37. The fourth-order valence-electron chi connectivity index (χ4n) is 3.13. The van der Waals surface area contributed by atoms with Crippen LogP contribution in [0.25, 0.3) is 5.65 Å². The molecule has 0 unspecified atom stereocenters. The number of pyridine rings is 1. The number of rotatable bonds is 3. The molecule has 3 rings (SSSR count). The van der Waals surface area contributed by atoms with E-state index < -0.39 is 0 Å². The van der Waals surface area contributed by atoms with Crippen molar-refractivity contribution in [3.8, 4) is 0 Å². The predicted octanol–water partition coefficient (Wildman–Crippen LogP) is 1.78. The first kappa shape index (κ1) is 13.5. The number of nitrogens with two attached hydrogens (primary N) is 1. The Labute approximate surface area is 119 Å². The summed E-state index contributed by atoms with van der Waals surface area (Å²) in [5.41, 5.74) is 7.85. The van der Waals surface area contributed by atoms with Gasteiger partial charge in [-0.2, -0.15) is 0 Å². The van der Waals surface area contributed by atoms with Crippen molar-refractivity contribution in [2.75, 3.05) is 13.1 Å². The average molecular weight is 273 g/mol. The van der Waals surface area contributed by atoms with E-state index in [1.54, 1.807) is 0 Å². The zero-order valence-electron chi connectivity index (χ0n) is 12.3. The maximum absolute atomic E-state index is 5.85. The van der Waals surface area contributed by atoms with Gasteiger partial charge in [-0.05, 0) is 51.9 Å². The molecule has 2 aromatic heterocycles. The van der Waals surface area contributed by atoms with Crippen LogP contribution in [0.2, 0.25) is 0 Å². The molecule has 2 aromatic rings. The Morgan fingerprint density at radius 3 is 2.65 bits per heavy atom. The van der Waals surface area contributed by atoms with E-state index in [2.05, 4.69) is 39.4 Å². The molecule has 0 spiro atoms. The lowest BCUT2D eigenvalue weighted by atomic mass is 9.95. The molecule has 0 bridgehead atoms. The average Bonchev–Trinajstić information content (AvgIpc) is 2.91. The van der Waals surface area contributed by atoms with E-state index in [1.165, 1.54) is 0 Å². The first-order valence-electron chi connectivity index (χ1n) is 7.47. The number of likely N-dealkylation sites (tertiary alicyclic amines) is 1. The van der Waals surface area contributed by atoms with E-state index in [-0.39, 0.29) is 0 Å². The monoisotopic (exact) mass is 273 g/mol. The standard InChI is InChI=1S/C15H23N5/c1-11(2)19-8-6-12(7-9-19)15-18-17-14-5-3-4-13(10-16)20(14)15/h3-5,11-12H,6-10,16H2,1-2H3. The second-order valence-corrected chi connectivity index (χ2v) is 5.88. The van der Waals surface area contributed by atoms with Crippen molar-refractivity contribution in [1.82, 2.24) is 19.5 Å². The van der Waals surface area contributed by atoms with Crippen molar-refractivity contribution >= 4 is 5.65 Å². The molecule has 1 saturated heterocycles. The third-order valence-electron chi connectivity index (χ3n) is 4.37. The number of aromatic nitrogens is 3. The lowest BCUT2D eigenvalue weighted by molar-refractivity contribution is 0.169. The quantitative estimate of drug-likeness (QED) is 0.926. The van der Waals surface area contributed by atoms with Crippen LogP contribution in [0.15, 0.2) is 18.2 Å². The maximum atomic E-state index is 5.85. The van der Waals surface area contributed by atoms with Gasteiger partial charge < -0.3 is 10.6 Å². The van der Waals surface area contributed by atoms with Crippen LogP contribution in [0.5, 0.6) is 0 Å². The highest BCUT2D eigenvalue weighted by Crippen LogP contribution is 2.28. The number of hydrogen-bond acceptors (Lipinski definition) is 4. The SMILES string of the molecule is CC(C)N1CCC(c2nnc3cccc(CN)n23)CC1. The van der Waals surface area contributed by atoms with E-state index in [9.17, 15) is 0 Å². The predicted molar refractivity (Wildman–Crippen MR) is 79.6 cm³/mol. The summed E-state index contributed by atoms with van der Waals surface area (Å²) in [4.78, 5) is 2.53. The Balaban J connectivity index is 1.88. The van der Waals surface area contributed by atoms with Crippen molar-refractivity contribution < 1.29 is 0 Å². The van der Waals surface area contributed by atoms with Crippen LogP contribution in [0.4, 0.5) is 0 Å². The molecule has 1 aliphatic heterocycles. The molecule has 3 heterocycles. The first-order valence-corrected chi connectivity index (χ1v) is 7.47. The Morgan fingerprint density at radius 2 is 2.00 bits per heavy atom. The van der Waals surface area contributed by atoms with Gasteiger partial charge in [0.1, 0.15) is 5.82 Å². The van der Waals surface area contributed by atoms with Crippen molar-refractivity contribution in [3.05, 3.63) is 29.7 Å². The van der Waals surface area contributed by atoms with E-state index in [0.29, 0.717) is 18.5 Å². The van der Waals surface area contributed by atoms with Crippen LogP contribution in [-0.2, 0) is 6.54 Å². The summed E-state index contributed by atoms with van der Waals surface area (Å²) in [6.45, 7) is 7.33. The zero-order chi connectivity index (χ0) is 14.1. The maximum Gasteiger partial charge on any atom is 0.161 e. The number of piperidine rings is 1. The summed E-state index contributed by atoms with van der Waals surface area (Å²) < 4.78 is 2.15. The largest absolute Gasteiger partial charge is 0.325 e. The van der Waals surface area contributed by atoms with Crippen molar-refractivity contribution in [3.63, 3.8) is 0 Å². The van der Waals surface area contributed by atoms with Gasteiger partial charge in [-0.1, -0.05) is 6.07 Å². The Bertz CT molecular complexity index is 581. The fraction of sp³-hybridized carbons (Fsp3) is 0.600. The topological polar surface area (TPSA) is 59.5 Å². The van der Waals surface area contributed by atoms with E-state index >= 15 is 0 Å². The molecule has 0 amide bonds.